The zero-order valence-corrected chi connectivity index (χ0v) is 14.9. The van der Waals surface area contributed by atoms with Gasteiger partial charge in [0.25, 0.3) is 0 Å². The van der Waals surface area contributed by atoms with Gasteiger partial charge in [-0.15, -0.1) is 11.8 Å². The van der Waals surface area contributed by atoms with Gasteiger partial charge in [0, 0.05) is 4.90 Å². The van der Waals surface area contributed by atoms with Crippen molar-refractivity contribution in [3.63, 3.8) is 0 Å². The molecule has 0 aliphatic carbocycles. The highest BCUT2D eigenvalue weighted by atomic mass is 32.2. The van der Waals surface area contributed by atoms with Crippen molar-refractivity contribution < 1.29 is 18.0 Å². The summed E-state index contributed by atoms with van der Waals surface area (Å²) in [5.41, 5.74) is -0.396. The summed E-state index contributed by atoms with van der Waals surface area (Å²) in [6.45, 7) is 0. The van der Waals surface area contributed by atoms with Crippen molar-refractivity contribution in [2.75, 3.05) is 5.32 Å². The third-order valence-corrected chi connectivity index (χ3v) is 5.09. The Balaban J connectivity index is 1.90. The summed E-state index contributed by atoms with van der Waals surface area (Å²) in [5.74, 6) is -0.508. The molecular weight excluding hydrogens is 371 g/mol. The van der Waals surface area contributed by atoms with E-state index < -0.39 is 22.9 Å². The van der Waals surface area contributed by atoms with Crippen LogP contribution < -0.4 is 5.32 Å². The van der Waals surface area contributed by atoms with E-state index in [1.165, 1.54) is 30.0 Å². The van der Waals surface area contributed by atoms with Crippen molar-refractivity contribution in [3.8, 4) is 0 Å². The van der Waals surface area contributed by atoms with Crippen molar-refractivity contribution in [2.45, 2.75) is 16.3 Å². The van der Waals surface area contributed by atoms with Crippen molar-refractivity contribution in [1.29, 1.82) is 0 Å². The second kappa shape index (κ2) is 8.31. The van der Waals surface area contributed by atoms with Crippen LogP contribution in [0.15, 0.2) is 89.8 Å². The molecule has 138 valence electrons. The Morgan fingerprint density at radius 1 is 0.815 bits per heavy atom. The number of anilines is 1. The van der Waals surface area contributed by atoms with Crippen LogP contribution in [0, 0.1) is 0 Å². The Labute approximate surface area is 159 Å². The summed E-state index contributed by atoms with van der Waals surface area (Å²) >= 11 is 1.29. The fraction of sp³-hybridized carbons (Fsp3) is 0.0952. The van der Waals surface area contributed by atoms with E-state index in [-0.39, 0.29) is 5.69 Å². The van der Waals surface area contributed by atoms with Crippen LogP contribution in [0.3, 0.4) is 0 Å². The zero-order valence-electron chi connectivity index (χ0n) is 14.1. The molecule has 0 heterocycles. The molecule has 1 amide bonds. The van der Waals surface area contributed by atoms with Crippen LogP contribution in [0.4, 0.5) is 18.9 Å². The molecular formula is C21H16F3NOS. The maximum atomic E-state index is 13.2. The molecule has 0 fully saturated rings. The van der Waals surface area contributed by atoms with Gasteiger partial charge in [-0.1, -0.05) is 60.7 Å². The third-order valence-electron chi connectivity index (χ3n) is 3.83. The molecule has 0 radical (unpaired) electrons. The number of amides is 1. The van der Waals surface area contributed by atoms with Gasteiger partial charge >= 0.3 is 6.18 Å². The van der Waals surface area contributed by atoms with Crippen LogP contribution in [0.5, 0.6) is 0 Å². The average molecular weight is 387 g/mol. The minimum Gasteiger partial charge on any atom is -0.324 e. The van der Waals surface area contributed by atoms with Crippen molar-refractivity contribution in [2.24, 2.45) is 0 Å². The fourth-order valence-corrected chi connectivity index (χ4v) is 3.62. The molecule has 3 rings (SSSR count). The molecule has 3 aromatic rings. The van der Waals surface area contributed by atoms with Crippen molar-refractivity contribution in [1.82, 2.24) is 0 Å². The molecule has 0 unspecified atom stereocenters. The van der Waals surface area contributed by atoms with E-state index in [4.69, 9.17) is 0 Å². The van der Waals surface area contributed by atoms with Gasteiger partial charge in [0.15, 0.2) is 0 Å². The molecule has 0 saturated heterocycles. The normalized spacial score (nSPS) is 12.4. The molecule has 0 bridgehead atoms. The second-order valence-electron chi connectivity index (χ2n) is 5.75. The maximum Gasteiger partial charge on any atom is 0.418 e. The maximum absolute atomic E-state index is 13.2. The minimum absolute atomic E-state index is 0.246. The number of rotatable bonds is 5. The number of carbonyl (C=O) groups is 1. The number of alkyl halides is 3. The molecule has 0 aromatic heterocycles. The highest BCUT2D eigenvalue weighted by Gasteiger charge is 2.34. The lowest BCUT2D eigenvalue weighted by molar-refractivity contribution is -0.137. The first-order valence-electron chi connectivity index (χ1n) is 8.19. The topological polar surface area (TPSA) is 29.1 Å². The van der Waals surface area contributed by atoms with E-state index in [9.17, 15) is 18.0 Å². The molecule has 1 atom stereocenters. The number of para-hydroxylation sites is 1. The lowest BCUT2D eigenvalue weighted by Crippen LogP contribution is -2.21. The smallest absolute Gasteiger partial charge is 0.324 e. The lowest BCUT2D eigenvalue weighted by atomic mass is 10.1. The summed E-state index contributed by atoms with van der Waals surface area (Å²) in [6.07, 6.45) is -4.54. The molecule has 3 aromatic carbocycles. The van der Waals surface area contributed by atoms with Crippen LogP contribution in [0.1, 0.15) is 16.4 Å². The standard InChI is InChI=1S/C21H16F3NOS/c22-21(23,24)17-13-7-8-14-18(17)25-20(26)19(15-9-3-1-4-10-15)27-16-11-5-2-6-12-16/h1-14,19H,(H,25,26)/t19-/m1/s1. The Kier molecular flexibility index (Phi) is 5.86. The number of benzene rings is 3. The van der Waals surface area contributed by atoms with Crippen LogP contribution in [-0.2, 0) is 11.0 Å². The molecule has 0 aliphatic rings. The number of halogens is 3. The van der Waals surface area contributed by atoms with E-state index >= 15 is 0 Å². The molecule has 0 aliphatic heterocycles. The van der Waals surface area contributed by atoms with Crippen molar-refractivity contribution >= 4 is 23.4 Å². The first-order valence-corrected chi connectivity index (χ1v) is 9.07. The van der Waals surface area contributed by atoms with Crippen LogP contribution in [-0.4, -0.2) is 5.91 Å². The second-order valence-corrected chi connectivity index (χ2v) is 6.93. The molecule has 27 heavy (non-hydrogen) atoms. The predicted molar refractivity (Wildman–Crippen MR) is 102 cm³/mol. The minimum atomic E-state index is -4.54. The monoisotopic (exact) mass is 387 g/mol. The largest absolute Gasteiger partial charge is 0.418 e. The van der Waals surface area contributed by atoms with Crippen LogP contribution in [0.2, 0.25) is 0 Å². The highest BCUT2D eigenvalue weighted by molar-refractivity contribution is 8.00. The molecule has 0 saturated carbocycles. The Morgan fingerprint density at radius 2 is 1.37 bits per heavy atom. The van der Waals surface area contributed by atoms with Crippen molar-refractivity contribution in [3.05, 3.63) is 96.1 Å². The molecule has 0 spiro atoms. The summed E-state index contributed by atoms with van der Waals surface area (Å²) in [4.78, 5) is 13.7. The van der Waals surface area contributed by atoms with Gasteiger partial charge in [0.2, 0.25) is 5.91 Å². The van der Waals surface area contributed by atoms with Gasteiger partial charge in [-0.3, -0.25) is 4.79 Å². The summed E-state index contributed by atoms with van der Waals surface area (Å²) in [5, 5.41) is 1.77. The van der Waals surface area contributed by atoms with Gasteiger partial charge in [-0.2, -0.15) is 13.2 Å². The molecule has 1 N–H and O–H groups in total. The number of hydrogen-bond acceptors (Lipinski definition) is 2. The van der Waals surface area contributed by atoms with Gasteiger partial charge < -0.3 is 5.32 Å². The third kappa shape index (κ3) is 4.92. The zero-order chi connectivity index (χ0) is 19.3. The van der Waals surface area contributed by atoms with Gasteiger partial charge in [-0.05, 0) is 29.8 Å². The molecule has 2 nitrogen and oxygen atoms in total. The SMILES string of the molecule is O=C(Nc1ccccc1C(F)(F)F)[C@H](Sc1ccccc1)c1ccccc1. The Hall–Kier alpha value is -2.73. The Bertz CT molecular complexity index is 898. The first kappa shape index (κ1) is 19.0. The van der Waals surface area contributed by atoms with E-state index in [1.807, 2.05) is 36.4 Å². The van der Waals surface area contributed by atoms with E-state index in [0.29, 0.717) is 5.56 Å². The van der Waals surface area contributed by atoms with Crippen LogP contribution in [0.25, 0.3) is 0 Å². The number of nitrogens with one attached hydrogen (secondary N) is 1. The van der Waals surface area contributed by atoms with Gasteiger partial charge in [-0.25, -0.2) is 0 Å². The number of hydrogen-bond donors (Lipinski definition) is 1. The van der Waals surface area contributed by atoms with E-state index in [0.717, 1.165) is 11.0 Å². The average Bonchev–Trinajstić information content (AvgIpc) is 2.67. The van der Waals surface area contributed by atoms with Crippen LogP contribution >= 0.6 is 11.8 Å². The lowest BCUT2D eigenvalue weighted by Gasteiger charge is -2.19. The van der Waals surface area contributed by atoms with Gasteiger partial charge in [0.05, 0.1) is 11.3 Å². The van der Waals surface area contributed by atoms with E-state index in [1.54, 1.807) is 24.3 Å². The highest BCUT2D eigenvalue weighted by Crippen LogP contribution is 2.38. The Morgan fingerprint density at radius 3 is 2.00 bits per heavy atom. The quantitative estimate of drug-likeness (QED) is 0.530. The van der Waals surface area contributed by atoms with Gasteiger partial charge in [0.1, 0.15) is 5.25 Å². The number of thioether (sulfide) groups is 1. The first-order chi connectivity index (χ1) is 12.9. The summed E-state index contributed by atoms with van der Waals surface area (Å²) < 4.78 is 39.6. The number of carbonyl (C=O) groups excluding carboxylic acids is 1. The predicted octanol–water partition coefficient (Wildman–Crippen LogP) is 6.18. The van der Waals surface area contributed by atoms with E-state index in [2.05, 4.69) is 5.32 Å². The molecule has 6 heteroatoms. The summed E-state index contributed by atoms with van der Waals surface area (Å²) in [6, 6.07) is 23.2. The summed E-state index contributed by atoms with van der Waals surface area (Å²) in [7, 11) is 0. The fourth-order valence-electron chi connectivity index (χ4n) is 2.57.